The summed E-state index contributed by atoms with van der Waals surface area (Å²) in [5.41, 5.74) is 3.77. The molecule has 0 nitrogen and oxygen atoms in total. The highest BCUT2D eigenvalue weighted by atomic mass is 32.9. The smallest absolute Gasteiger partial charge is 0.0865 e. The Morgan fingerprint density at radius 3 is 2.54 bits per heavy atom. The molecule has 0 radical (unpaired) electrons. The molecule has 3 heteroatoms. The Morgan fingerprint density at radius 1 is 1.15 bits per heavy atom. The van der Waals surface area contributed by atoms with Crippen molar-refractivity contribution in [3.63, 3.8) is 0 Å². The number of aryl methyl sites for hydroxylation is 1. The molecule has 66 valence electrons. The van der Waals surface area contributed by atoms with E-state index >= 15 is 0 Å². The summed E-state index contributed by atoms with van der Waals surface area (Å²) in [6, 6.07) is 8.35. The molecule has 2 rings (SSSR count). The Balaban J connectivity index is 2.66. The predicted octanol–water partition coefficient (Wildman–Crippen LogP) is 4.51. The topological polar surface area (TPSA) is 0 Å². The zero-order valence-electron chi connectivity index (χ0n) is 7.11. The monoisotopic (exact) mass is 224 g/mol. The highest BCUT2D eigenvalue weighted by Gasteiger charge is 2.03. The van der Waals surface area contributed by atoms with Gasteiger partial charge in [-0.15, -0.1) is 0 Å². The van der Waals surface area contributed by atoms with Gasteiger partial charge in [0.1, 0.15) is 3.82 Å². The number of rotatable bonds is 1. The highest BCUT2D eigenvalue weighted by molar-refractivity contribution is 7.79. The molecular weight excluding hydrogens is 216 g/mol. The van der Waals surface area contributed by atoms with E-state index in [1.165, 1.54) is 16.7 Å². The van der Waals surface area contributed by atoms with Gasteiger partial charge in [0.15, 0.2) is 0 Å². The second kappa shape index (κ2) is 3.70. The van der Waals surface area contributed by atoms with E-state index in [9.17, 15) is 0 Å². The second-order valence-electron chi connectivity index (χ2n) is 2.81. The van der Waals surface area contributed by atoms with Crippen molar-refractivity contribution < 1.29 is 0 Å². The lowest BCUT2D eigenvalue weighted by atomic mass is 10.1. The molecule has 0 unspecified atom stereocenters. The van der Waals surface area contributed by atoms with Crippen LogP contribution in [0.1, 0.15) is 5.56 Å². The minimum Gasteiger partial charge on any atom is -0.0865 e. The Hall–Kier alpha value is -0.510. The van der Waals surface area contributed by atoms with Gasteiger partial charge in [-0.2, -0.15) is 0 Å². The minimum atomic E-state index is 0.999. The lowest BCUT2D eigenvalue weighted by Gasteiger charge is -2.00. The first-order valence-corrected chi connectivity index (χ1v) is 6.55. The van der Waals surface area contributed by atoms with Gasteiger partial charge in [0.05, 0.1) is 0 Å². The van der Waals surface area contributed by atoms with Gasteiger partial charge >= 0.3 is 0 Å². The van der Waals surface area contributed by atoms with Crippen molar-refractivity contribution in [2.45, 2.75) is 6.92 Å². The van der Waals surface area contributed by atoms with Gasteiger partial charge in [0.25, 0.3) is 0 Å². The van der Waals surface area contributed by atoms with Gasteiger partial charge in [-0.05, 0) is 18.1 Å². The average Bonchev–Trinajstić information content (AvgIpc) is 2.52. The Morgan fingerprint density at radius 2 is 1.92 bits per heavy atom. The van der Waals surface area contributed by atoms with Crippen LogP contribution in [-0.2, 0) is 0 Å². The average molecular weight is 224 g/mol. The maximum Gasteiger partial charge on any atom is 0.109 e. The lowest BCUT2D eigenvalue weighted by molar-refractivity contribution is 1.47. The van der Waals surface area contributed by atoms with Crippen LogP contribution in [0.4, 0.5) is 0 Å². The van der Waals surface area contributed by atoms with Crippen molar-refractivity contribution in [3.8, 4) is 11.1 Å². The van der Waals surface area contributed by atoms with E-state index in [2.05, 4.69) is 36.6 Å². The SMILES string of the molecule is Cc1ccccc1-c1cssc1=S. The molecule has 0 aliphatic heterocycles. The highest BCUT2D eigenvalue weighted by Crippen LogP contribution is 2.29. The van der Waals surface area contributed by atoms with Crippen LogP contribution in [0.25, 0.3) is 11.1 Å². The molecule has 0 spiro atoms. The largest absolute Gasteiger partial charge is 0.109 e. The zero-order chi connectivity index (χ0) is 9.26. The maximum atomic E-state index is 5.26. The summed E-state index contributed by atoms with van der Waals surface area (Å²) in [5, 5.41) is 2.13. The fraction of sp³-hybridized carbons (Fsp3) is 0.100. The normalized spacial score (nSPS) is 10.2. The van der Waals surface area contributed by atoms with Crippen LogP contribution in [0.5, 0.6) is 0 Å². The Bertz CT molecular complexity index is 465. The molecule has 13 heavy (non-hydrogen) atoms. The van der Waals surface area contributed by atoms with Crippen molar-refractivity contribution >= 4 is 32.9 Å². The summed E-state index contributed by atoms with van der Waals surface area (Å²) in [4.78, 5) is 0. The first kappa shape index (κ1) is 9.06. The van der Waals surface area contributed by atoms with Gasteiger partial charge in [0.2, 0.25) is 0 Å². The van der Waals surface area contributed by atoms with Crippen LogP contribution in [0.15, 0.2) is 29.6 Å². The third-order valence-corrected chi connectivity index (χ3v) is 4.61. The predicted molar refractivity (Wildman–Crippen MR) is 63.2 cm³/mol. The van der Waals surface area contributed by atoms with Crippen LogP contribution in [-0.4, -0.2) is 0 Å². The van der Waals surface area contributed by atoms with Crippen molar-refractivity contribution in [2.24, 2.45) is 0 Å². The van der Waals surface area contributed by atoms with E-state index in [4.69, 9.17) is 12.2 Å². The van der Waals surface area contributed by atoms with Crippen molar-refractivity contribution in [2.75, 3.05) is 0 Å². The molecule has 2 aromatic rings. The molecule has 0 saturated carbocycles. The number of hydrogen-bond donors (Lipinski definition) is 0. The maximum absolute atomic E-state index is 5.26. The molecule has 1 aromatic carbocycles. The van der Waals surface area contributed by atoms with Crippen LogP contribution >= 0.6 is 32.9 Å². The molecule has 0 fully saturated rings. The van der Waals surface area contributed by atoms with Gasteiger partial charge in [-0.25, -0.2) is 0 Å². The fourth-order valence-corrected chi connectivity index (χ4v) is 3.63. The first-order chi connectivity index (χ1) is 6.29. The van der Waals surface area contributed by atoms with E-state index in [0.717, 1.165) is 3.82 Å². The van der Waals surface area contributed by atoms with Gasteiger partial charge in [-0.3, -0.25) is 0 Å². The minimum absolute atomic E-state index is 0.999. The summed E-state index contributed by atoms with van der Waals surface area (Å²) in [6.45, 7) is 2.12. The third-order valence-electron chi connectivity index (χ3n) is 1.94. The first-order valence-electron chi connectivity index (χ1n) is 3.93. The molecule has 0 saturated heterocycles. The lowest BCUT2D eigenvalue weighted by Crippen LogP contribution is -1.79. The fourth-order valence-electron chi connectivity index (χ4n) is 1.26. The van der Waals surface area contributed by atoms with Crippen molar-refractivity contribution in [1.29, 1.82) is 0 Å². The molecule has 0 N–H and O–H groups in total. The van der Waals surface area contributed by atoms with Crippen LogP contribution < -0.4 is 0 Å². The van der Waals surface area contributed by atoms with Crippen LogP contribution in [0.2, 0.25) is 0 Å². The summed E-state index contributed by atoms with van der Waals surface area (Å²) in [6.07, 6.45) is 0. The Kier molecular flexibility index (Phi) is 2.58. The van der Waals surface area contributed by atoms with Crippen molar-refractivity contribution in [1.82, 2.24) is 0 Å². The zero-order valence-corrected chi connectivity index (χ0v) is 9.56. The van der Waals surface area contributed by atoms with E-state index in [1.807, 2.05) is 0 Å². The van der Waals surface area contributed by atoms with Gasteiger partial charge < -0.3 is 0 Å². The van der Waals surface area contributed by atoms with E-state index < -0.39 is 0 Å². The van der Waals surface area contributed by atoms with E-state index in [1.54, 1.807) is 20.7 Å². The third kappa shape index (κ3) is 1.73. The van der Waals surface area contributed by atoms with Crippen LogP contribution in [0, 0.1) is 10.7 Å². The number of hydrogen-bond acceptors (Lipinski definition) is 3. The second-order valence-corrected chi connectivity index (χ2v) is 5.56. The quantitative estimate of drug-likeness (QED) is 0.507. The molecule has 0 aliphatic rings. The summed E-state index contributed by atoms with van der Waals surface area (Å²) < 4.78 is 0.999. The van der Waals surface area contributed by atoms with E-state index in [-0.39, 0.29) is 0 Å². The molecule has 0 atom stereocenters. The van der Waals surface area contributed by atoms with Crippen molar-refractivity contribution in [3.05, 3.63) is 39.0 Å². The molecule has 0 amide bonds. The molecule has 1 aromatic heterocycles. The van der Waals surface area contributed by atoms with E-state index in [0.29, 0.717) is 0 Å². The molecule has 1 heterocycles. The summed E-state index contributed by atoms with van der Waals surface area (Å²) >= 11 is 5.26. The van der Waals surface area contributed by atoms with Gasteiger partial charge in [0, 0.05) is 10.9 Å². The molecule has 0 bridgehead atoms. The number of benzene rings is 1. The van der Waals surface area contributed by atoms with Gasteiger partial charge in [-0.1, -0.05) is 57.2 Å². The molecular formula is C10H8S3. The standard InChI is InChI=1S/C10H8S3/c1-7-4-2-3-5-8(7)9-6-12-13-10(9)11/h2-6H,1H3. The summed E-state index contributed by atoms with van der Waals surface area (Å²) in [7, 11) is 3.37. The molecule has 0 aliphatic carbocycles. The van der Waals surface area contributed by atoms with Crippen LogP contribution in [0.3, 0.4) is 0 Å². The Labute approximate surface area is 89.9 Å². The summed E-state index contributed by atoms with van der Waals surface area (Å²) in [5.74, 6) is 0.